The van der Waals surface area contributed by atoms with Gasteiger partial charge in [0, 0.05) is 13.1 Å². The van der Waals surface area contributed by atoms with Gasteiger partial charge in [-0.2, -0.15) is 4.31 Å². The molecule has 0 amide bonds. The van der Waals surface area contributed by atoms with Crippen LogP contribution in [0.4, 0.5) is 0 Å². The Bertz CT molecular complexity index is 556. The summed E-state index contributed by atoms with van der Waals surface area (Å²) in [6.45, 7) is 1.98. The summed E-state index contributed by atoms with van der Waals surface area (Å²) in [5, 5.41) is 9.15. The Morgan fingerprint density at radius 3 is 2.65 bits per heavy atom. The van der Waals surface area contributed by atoms with Crippen molar-refractivity contribution in [2.45, 2.75) is 50.2 Å². The summed E-state index contributed by atoms with van der Waals surface area (Å²) < 4.78 is 26.9. The molecular formula is C15H23NO3S. The summed E-state index contributed by atoms with van der Waals surface area (Å²) in [6, 6.07) is 6.63. The first kappa shape index (κ1) is 15.5. The quantitative estimate of drug-likeness (QED) is 0.928. The van der Waals surface area contributed by atoms with Crippen LogP contribution < -0.4 is 0 Å². The van der Waals surface area contributed by atoms with Gasteiger partial charge in [0.2, 0.25) is 10.0 Å². The fourth-order valence-electron chi connectivity index (χ4n) is 2.99. The van der Waals surface area contributed by atoms with Gasteiger partial charge in [0.25, 0.3) is 0 Å². The topological polar surface area (TPSA) is 57.6 Å². The van der Waals surface area contributed by atoms with E-state index >= 15 is 0 Å². The molecule has 4 nitrogen and oxygen atoms in total. The van der Waals surface area contributed by atoms with Crippen LogP contribution in [0.3, 0.4) is 0 Å². The van der Waals surface area contributed by atoms with E-state index in [2.05, 4.69) is 6.92 Å². The summed E-state index contributed by atoms with van der Waals surface area (Å²) in [5.41, 5.74) is 0.621. The maximum atomic E-state index is 12.7. The lowest BCUT2D eigenvalue weighted by Crippen LogP contribution is -2.42. The second-order valence-electron chi connectivity index (χ2n) is 5.66. The van der Waals surface area contributed by atoms with Crippen LogP contribution in [0.5, 0.6) is 0 Å². The Morgan fingerprint density at radius 2 is 2.00 bits per heavy atom. The molecule has 0 aromatic heterocycles. The molecule has 1 saturated carbocycles. The van der Waals surface area contributed by atoms with Gasteiger partial charge in [-0.3, -0.25) is 0 Å². The number of aliphatic hydroxyl groups excluding tert-OH is 1. The second kappa shape index (κ2) is 6.24. The van der Waals surface area contributed by atoms with Gasteiger partial charge in [-0.15, -0.1) is 0 Å². The maximum Gasteiger partial charge on any atom is 0.243 e. The molecule has 1 aromatic carbocycles. The van der Waals surface area contributed by atoms with Gasteiger partial charge in [0.05, 0.1) is 11.5 Å². The first-order chi connectivity index (χ1) is 9.46. The normalized spacial score (nSPS) is 24.0. The largest absolute Gasteiger partial charge is 0.392 e. The zero-order chi connectivity index (χ0) is 14.8. The number of hydrogen-bond donors (Lipinski definition) is 1. The van der Waals surface area contributed by atoms with E-state index in [0.717, 1.165) is 19.3 Å². The number of rotatable bonds is 4. The van der Waals surface area contributed by atoms with E-state index in [9.17, 15) is 8.42 Å². The molecule has 1 aliphatic rings. The van der Waals surface area contributed by atoms with Crippen LogP contribution in [0.2, 0.25) is 0 Å². The first-order valence-electron chi connectivity index (χ1n) is 7.14. The van der Waals surface area contributed by atoms with Crippen molar-refractivity contribution in [1.29, 1.82) is 0 Å². The third-order valence-corrected chi connectivity index (χ3v) is 6.17. The van der Waals surface area contributed by atoms with E-state index in [1.165, 1.54) is 10.7 Å². The maximum absolute atomic E-state index is 12.7. The van der Waals surface area contributed by atoms with Crippen molar-refractivity contribution in [1.82, 2.24) is 4.31 Å². The van der Waals surface area contributed by atoms with E-state index in [-0.39, 0.29) is 17.5 Å². The van der Waals surface area contributed by atoms with Crippen molar-refractivity contribution in [2.24, 2.45) is 5.92 Å². The number of sulfonamides is 1. The summed E-state index contributed by atoms with van der Waals surface area (Å²) >= 11 is 0. The molecule has 5 heteroatoms. The van der Waals surface area contributed by atoms with Crippen molar-refractivity contribution >= 4 is 10.0 Å². The number of benzene rings is 1. The fraction of sp³-hybridized carbons (Fsp3) is 0.600. The summed E-state index contributed by atoms with van der Waals surface area (Å²) in [7, 11) is -1.81. The highest BCUT2D eigenvalue weighted by Crippen LogP contribution is 2.30. The minimum absolute atomic E-state index is 0.0755. The molecule has 0 radical (unpaired) electrons. The van der Waals surface area contributed by atoms with E-state index in [1.807, 2.05) is 0 Å². The van der Waals surface area contributed by atoms with Crippen molar-refractivity contribution in [3.05, 3.63) is 29.8 Å². The van der Waals surface area contributed by atoms with Crippen molar-refractivity contribution in [3.63, 3.8) is 0 Å². The van der Waals surface area contributed by atoms with E-state index in [1.54, 1.807) is 31.3 Å². The molecule has 2 atom stereocenters. The Labute approximate surface area is 121 Å². The van der Waals surface area contributed by atoms with Crippen LogP contribution in [0, 0.1) is 5.92 Å². The van der Waals surface area contributed by atoms with Crippen molar-refractivity contribution < 1.29 is 13.5 Å². The molecule has 1 aromatic rings. The van der Waals surface area contributed by atoms with Gasteiger partial charge in [0.1, 0.15) is 0 Å². The molecule has 1 aliphatic carbocycles. The van der Waals surface area contributed by atoms with E-state index in [4.69, 9.17) is 5.11 Å². The standard InChI is InChI=1S/C15H23NO3S/c1-12-6-3-4-9-15(12)16(2)20(18,19)14-8-5-7-13(10-14)11-17/h5,7-8,10,12,15,17H,3-4,6,9,11H2,1-2H3. The van der Waals surface area contributed by atoms with Crippen LogP contribution in [0.15, 0.2) is 29.2 Å². The second-order valence-corrected chi connectivity index (χ2v) is 7.65. The van der Waals surface area contributed by atoms with Gasteiger partial charge in [-0.05, 0) is 36.5 Å². The molecule has 2 unspecified atom stereocenters. The molecule has 0 bridgehead atoms. The van der Waals surface area contributed by atoms with Crippen molar-refractivity contribution in [2.75, 3.05) is 7.05 Å². The predicted octanol–water partition coefficient (Wildman–Crippen LogP) is 2.38. The predicted molar refractivity (Wildman–Crippen MR) is 78.7 cm³/mol. The molecule has 0 heterocycles. The van der Waals surface area contributed by atoms with Crippen LogP contribution in [0.25, 0.3) is 0 Å². The van der Waals surface area contributed by atoms with Gasteiger partial charge < -0.3 is 5.11 Å². The minimum atomic E-state index is -3.48. The lowest BCUT2D eigenvalue weighted by atomic mass is 9.86. The van der Waals surface area contributed by atoms with Crippen LogP contribution in [-0.2, 0) is 16.6 Å². The number of aliphatic hydroxyl groups is 1. The minimum Gasteiger partial charge on any atom is -0.392 e. The highest BCUT2D eigenvalue weighted by atomic mass is 32.2. The SMILES string of the molecule is CC1CCCCC1N(C)S(=O)(=O)c1cccc(CO)c1. The Hall–Kier alpha value is -0.910. The highest BCUT2D eigenvalue weighted by molar-refractivity contribution is 7.89. The molecular weight excluding hydrogens is 274 g/mol. The molecule has 112 valence electrons. The molecule has 1 N–H and O–H groups in total. The van der Waals surface area contributed by atoms with E-state index in [0.29, 0.717) is 11.5 Å². The lowest BCUT2D eigenvalue weighted by Gasteiger charge is -2.35. The molecule has 0 spiro atoms. The lowest BCUT2D eigenvalue weighted by molar-refractivity contribution is 0.213. The smallest absolute Gasteiger partial charge is 0.243 e. The van der Waals surface area contributed by atoms with Crippen molar-refractivity contribution in [3.8, 4) is 0 Å². The average molecular weight is 297 g/mol. The third-order valence-electron chi connectivity index (χ3n) is 4.29. The Morgan fingerprint density at radius 1 is 1.30 bits per heavy atom. The zero-order valence-corrected chi connectivity index (χ0v) is 12.9. The van der Waals surface area contributed by atoms with Gasteiger partial charge in [-0.1, -0.05) is 31.9 Å². The van der Waals surface area contributed by atoms with E-state index < -0.39 is 10.0 Å². The van der Waals surface area contributed by atoms with Crippen LogP contribution >= 0.6 is 0 Å². The molecule has 0 aliphatic heterocycles. The number of nitrogens with zero attached hydrogens (tertiary/aromatic N) is 1. The Kier molecular flexibility index (Phi) is 4.83. The summed E-state index contributed by atoms with van der Waals surface area (Å²) in [6.07, 6.45) is 4.29. The van der Waals surface area contributed by atoms with Gasteiger partial charge in [-0.25, -0.2) is 8.42 Å². The monoisotopic (exact) mass is 297 g/mol. The molecule has 2 rings (SSSR count). The number of hydrogen-bond acceptors (Lipinski definition) is 3. The zero-order valence-electron chi connectivity index (χ0n) is 12.1. The first-order valence-corrected chi connectivity index (χ1v) is 8.58. The van der Waals surface area contributed by atoms with Crippen LogP contribution in [0.1, 0.15) is 38.2 Å². The third kappa shape index (κ3) is 3.05. The highest BCUT2D eigenvalue weighted by Gasteiger charge is 2.32. The molecule has 1 fully saturated rings. The summed E-state index contributed by atoms with van der Waals surface area (Å²) in [5.74, 6) is 0.393. The van der Waals surface area contributed by atoms with Gasteiger partial charge >= 0.3 is 0 Å². The fourth-order valence-corrected chi connectivity index (χ4v) is 4.54. The van der Waals surface area contributed by atoms with Crippen LogP contribution in [-0.4, -0.2) is 30.9 Å². The summed E-state index contributed by atoms with van der Waals surface area (Å²) in [4.78, 5) is 0.268. The average Bonchev–Trinajstić information content (AvgIpc) is 2.47. The Balaban J connectivity index is 2.28. The molecule has 0 saturated heterocycles. The van der Waals surface area contributed by atoms with Gasteiger partial charge in [0.15, 0.2) is 0 Å². The molecule has 20 heavy (non-hydrogen) atoms.